The van der Waals surface area contributed by atoms with E-state index in [-0.39, 0.29) is 0 Å². The van der Waals surface area contributed by atoms with E-state index >= 15 is 0 Å². The number of hydrogen-bond acceptors (Lipinski definition) is 1. The molecule has 0 aliphatic heterocycles. The van der Waals surface area contributed by atoms with Crippen LogP contribution in [0.3, 0.4) is 0 Å². The first kappa shape index (κ1) is 15.1. The molecule has 2 heteroatoms. The minimum atomic E-state index is 0.780. The number of para-hydroxylation sites is 1. The predicted molar refractivity (Wildman–Crippen MR) is 88.0 cm³/mol. The molecule has 1 aromatic heterocycles. The molecule has 0 aliphatic rings. The summed E-state index contributed by atoms with van der Waals surface area (Å²) in [5.74, 6) is 0.780. The van der Waals surface area contributed by atoms with Gasteiger partial charge in [0.05, 0.1) is 5.52 Å². The van der Waals surface area contributed by atoms with Gasteiger partial charge in [-0.25, -0.2) is 0 Å². The highest BCUT2D eigenvalue weighted by Crippen LogP contribution is 2.23. The normalized spacial score (nSPS) is 11.6. The van der Waals surface area contributed by atoms with Crippen molar-refractivity contribution in [2.24, 2.45) is 5.92 Å². The number of nitrogens with zero attached hydrogens (tertiary/aromatic N) is 1. The van der Waals surface area contributed by atoms with E-state index in [0.29, 0.717) is 0 Å². The topological polar surface area (TPSA) is 17.0 Å². The van der Waals surface area contributed by atoms with Gasteiger partial charge in [0, 0.05) is 19.3 Å². The Morgan fingerprint density at radius 1 is 1.10 bits per heavy atom. The molecule has 0 atom stereocenters. The van der Waals surface area contributed by atoms with E-state index in [1.165, 1.54) is 35.7 Å². The molecule has 0 radical (unpaired) electrons. The second-order valence-corrected chi connectivity index (χ2v) is 5.68. The molecule has 0 aliphatic carbocycles. The largest absolute Gasteiger partial charge is 0.347 e. The van der Waals surface area contributed by atoms with Gasteiger partial charge in [-0.3, -0.25) is 0 Å². The van der Waals surface area contributed by atoms with Gasteiger partial charge in [-0.2, -0.15) is 0 Å². The van der Waals surface area contributed by atoms with Gasteiger partial charge in [0.15, 0.2) is 0 Å². The Bertz CT molecular complexity index is 523. The van der Waals surface area contributed by atoms with Crippen LogP contribution in [-0.4, -0.2) is 11.1 Å². The van der Waals surface area contributed by atoms with Crippen molar-refractivity contribution < 1.29 is 0 Å². The molecule has 1 aromatic carbocycles. The summed E-state index contributed by atoms with van der Waals surface area (Å²) in [5.41, 5.74) is 2.84. The molecule has 1 heterocycles. The van der Waals surface area contributed by atoms with E-state index in [1.54, 1.807) is 0 Å². The zero-order valence-corrected chi connectivity index (χ0v) is 13.2. The number of hydrogen-bond donors (Lipinski definition) is 1. The minimum absolute atomic E-state index is 0.780. The first-order valence-electron chi connectivity index (χ1n) is 8.07. The molecule has 20 heavy (non-hydrogen) atoms. The molecule has 110 valence electrons. The van der Waals surface area contributed by atoms with Gasteiger partial charge < -0.3 is 9.88 Å². The summed E-state index contributed by atoms with van der Waals surface area (Å²) >= 11 is 0. The molecule has 1 N–H and O–H groups in total. The highest BCUT2D eigenvalue weighted by atomic mass is 15.0. The van der Waals surface area contributed by atoms with Crippen LogP contribution in [-0.2, 0) is 13.1 Å². The van der Waals surface area contributed by atoms with Gasteiger partial charge in [-0.1, -0.05) is 51.8 Å². The molecule has 0 fully saturated rings. The lowest BCUT2D eigenvalue weighted by Crippen LogP contribution is -2.15. The Morgan fingerprint density at radius 2 is 1.90 bits per heavy atom. The van der Waals surface area contributed by atoms with Gasteiger partial charge in [-0.05, 0) is 35.9 Å². The Labute approximate surface area is 123 Å². The molecule has 0 unspecified atom stereocenters. The summed E-state index contributed by atoms with van der Waals surface area (Å²) in [6, 6.07) is 8.91. The van der Waals surface area contributed by atoms with Gasteiger partial charge in [0.25, 0.3) is 0 Å². The third-order valence-corrected chi connectivity index (χ3v) is 4.22. The molecule has 0 saturated heterocycles. The number of fused-ring (bicyclic) bond motifs is 1. The molecule has 0 saturated carbocycles. The zero-order valence-electron chi connectivity index (χ0n) is 13.2. The first-order chi connectivity index (χ1) is 9.80. The molecular formula is C18H28N2. The van der Waals surface area contributed by atoms with Crippen molar-refractivity contribution in [3.05, 3.63) is 36.0 Å². The molecule has 0 spiro atoms. The van der Waals surface area contributed by atoms with Crippen LogP contribution in [0.1, 0.15) is 45.6 Å². The van der Waals surface area contributed by atoms with Crippen LogP contribution in [0.2, 0.25) is 0 Å². The Morgan fingerprint density at radius 3 is 2.60 bits per heavy atom. The number of aromatic nitrogens is 1. The fraction of sp³-hybridized carbons (Fsp3) is 0.556. The van der Waals surface area contributed by atoms with Crippen molar-refractivity contribution in [1.82, 2.24) is 9.88 Å². The summed E-state index contributed by atoms with van der Waals surface area (Å²) in [7, 11) is 0. The van der Waals surface area contributed by atoms with Gasteiger partial charge in [-0.15, -0.1) is 0 Å². The average molecular weight is 272 g/mol. The molecule has 0 amide bonds. The minimum Gasteiger partial charge on any atom is -0.347 e. The fourth-order valence-electron chi connectivity index (χ4n) is 2.86. The average Bonchev–Trinajstić information content (AvgIpc) is 2.89. The van der Waals surface area contributed by atoms with Crippen LogP contribution in [0.25, 0.3) is 10.9 Å². The van der Waals surface area contributed by atoms with Gasteiger partial charge in [0.1, 0.15) is 0 Å². The van der Waals surface area contributed by atoms with E-state index in [0.717, 1.165) is 25.6 Å². The van der Waals surface area contributed by atoms with E-state index in [4.69, 9.17) is 0 Å². The van der Waals surface area contributed by atoms with E-state index in [9.17, 15) is 0 Å². The highest BCUT2D eigenvalue weighted by molar-refractivity contribution is 5.83. The SMILES string of the molecule is CCCNCc1cccc2ccn(CC(CC)CC)c12. The lowest BCUT2D eigenvalue weighted by Gasteiger charge is -2.16. The summed E-state index contributed by atoms with van der Waals surface area (Å²) in [4.78, 5) is 0. The maximum absolute atomic E-state index is 3.53. The van der Waals surface area contributed by atoms with Crippen LogP contribution in [0, 0.1) is 5.92 Å². The van der Waals surface area contributed by atoms with Gasteiger partial charge in [0.2, 0.25) is 0 Å². The molecule has 2 nitrogen and oxygen atoms in total. The second-order valence-electron chi connectivity index (χ2n) is 5.68. The summed E-state index contributed by atoms with van der Waals surface area (Å²) in [5, 5.41) is 4.90. The summed E-state index contributed by atoms with van der Waals surface area (Å²) < 4.78 is 2.45. The Kier molecular flexibility index (Phi) is 5.66. The van der Waals surface area contributed by atoms with Crippen LogP contribution < -0.4 is 5.32 Å². The highest BCUT2D eigenvalue weighted by Gasteiger charge is 2.10. The van der Waals surface area contributed by atoms with Crippen molar-refractivity contribution in [2.45, 2.75) is 53.1 Å². The number of rotatable bonds is 8. The third kappa shape index (κ3) is 3.43. The predicted octanol–water partition coefficient (Wildman–Crippen LogP) is 4.58. The maximum Gasteiger partial charge on any atom is 0.0525 e. The van der Waals surface area contributed by atoms with Crippen molar-refractivity contribution in [3.8, 4) is 0 Å². The lowest BCUT2D eigenvalue weighted by atomic mass is 10.0. The van der Waals surface area contributed by atoms with E-state index < -0.39 is 0 Å². The van der Waals surface area contributed by atoms with Crippen molar-refractivity contribution in [1.29, 1.82) is 0 Å². The van der Waals surface area contributed by atoms with E-state index in [1.807, 2.05) is 0 Å². The summed E-state index contributed by atoms with van der Waals surface area (Å²) in [6.07, 6.45) is 5.95. The summed E-state index contributed by atoms with van der Waals surface area (Å²) in [6.45, 7) is 10.00. The van der Waals surface area contributed by atoms with Crippen LogP contribution in [0.15, 0.2) is 30.5 Å². The molecule has 2 aromatic rings. The molecule has 2 rings (SSSR count). The second kappa shape index (κ2) is 7.49. The zero-order chi connectivity index (χ0) is 14.4. The fourth-order valence-corrected chi connectivity index (χ4v) is 2.86. The smallest absolute Gasteiger partial charge is 0.0525 e. The van der Waals surface area contributed by atoms with Crippen molar-refractivity contribution in [3.63, 3.8) is 0 Å². The van der Waals surface area contributed by atoms with Crippen LogP contribution in [0.4, 0.5) is 0 Å². The standard InChI is InChI=1S/C18H28N2/c1-4-11-19-13-17-9-7-8-16-10-12-20(18(16)17)14-15(5-2)6-3/h7-10,12,15,19H,4-6,11,13-14H2,1-3H3. The Balaban J connectivity index is 2.26. The molecular weight excluding hydrogens is 244 g/mol. The Hall–Kier alpha value is -1.28. The van der Waals surface area contributed by atoms with E-state index in [2.05, 4.69) is 61.1 Å². The number of nitrogens with one attached hydrogen (secondary N) is 1. The first-order valence-corrected chi connectivity index (χ1v) is 8.07. The van der Waals surface area contributed by atoms with Crippen molar-refractivity contribution >= 4 is 10.9 Å². The van der Waals surface area contributed by atoms with Crippen LogP contribution >= 0.6 is 0 Å². The van der Waals surface area contributed by atoms with Crippen LogP contribution in [0.5, 0.6) is 0 Å². The molecule has 0 bridgehead atoms. The monoisotopic (exact) mass is 272 g/mol. The third-order valence-electron chi connectivity index (χ3n) is 4.22. The maximum atomic E-state index is 3.53. The number of benzene rings is 1. The quantitative estimate of drug-likeness (QED) is 0.696. The lowest BCUT2D eigenvalue weighted by molar-refractivity contribution is 0.425. The van der Waals surface area contributed by atoms with Gasteiger partial charge >= 0.3 is 0 Å². The van der Waals surface area contributed by atoms with Crippen molar-refractivity contribution in [2.75, 3.05) is 6.54 Å².